The highest BCUT2D eigenvalue weighted by molar-refractivity contribution is 6.69. The maximum absolute atomic E-state index is 13.3. The first-order valence-electron chi connectivity index (χ1n) is 4.21. The number of oxime groups is 1. The van der Waals surface area contributed by atoms with Gasteiger partial charge < -0.3 is 9.94 Å². The van der Waals surface area contributed by atoms with Crippen LogP contribution in [0, 0.1) is 5.82 Å². The van der Waals surface area contributed by atoms with Crippen LogP contribution < -0.4 is 4.74 Å². The van der Waals surface area contributed by atoms with Crippen molar-refractivity contribution in [3.63, 3.8) is 0 Å². The van der Waals surface area contributed by atoms with Crippen LogP contribution in [0.3, 0.4) is 0 Å². The molecule has 1 aromatic rings. The largest absolute Gasteiger partial charge is 0.483 e. The summed E-state index contributed by atoms with van der Waals surface area (Å²) < 4.78 is 53.4. The van der Waals surface area contributed by atoms with Crippen molar-refractivity contribution in [2.24, 2.45) is 5.16 Å². The number of hydrogen-bond acceptors (Lipinski definition) is 3. The Morgan fingerprint density at radius 3 is 2.59 bits per heavy atom. The van der Waals surface area contributed by atoms with Crippen LogP contribution in [-0.4, -0.2) is 23.2 Å². The van der Waals surface area contributed by atoms with Gasteiger partial charge in [-0.25, -0.2) is 4.39 Å². The van der Waals surface area contributed by atoms with Crippen LogP contribution in [0.4, 0.5) is 17.6 Å². The smallest absolute Gasteiger partial charge is 0.422 e. The fourth-order valence-electron chi connectivity index (χ4n) is 1.03. The Labute approximate surface area is 98.2 Å². The summed E-state index contributed by atoms with van der Waals surface area (Å²) in [5.41, 5.74) is -0.527. The predicted octanol–water partition coefficient (Wildman–Crippen LogP) is 3.14. The topological polar surface area (TPSA) is 41.8 Å². The fourth-order valence-corrected chi connectivity index (χ4v) is 1.22. The second-order valence-corrected chi connectivity index (χ2v) is 3.27. The van der Waals surface area contributed by atoms with Crippen molar-refractivity contribution in [3.05, 3.63) is 29.6 Å². The third kappa shape index (κ3) is 3.77. The molecule has 0 fully saturated rings. The molecule has 0 aliphatic heterocycles. The van der Waals surface area contributed by atoms with E-state index in [0.29, 0.717) is 0 Å². The Morgan fingerprint density at radius 1 is 1.41 bits per heavy atom. The molecule has 3 nitrogen and oxygen atoms in total. The first-order chi connectivity index (χ1) is 7.85. The standard InChI is InChI=1S/C9H6ClF4NO2/c10-8(15-16)7-5(11)2-1-3-6(7)17-4-9(12,13)14/h1-3,16H,4H2. The van der Waals surface area contributed by atoms with E-state index in [0.717, 1.165) is 18.2 Å². The average Bonchev–Trinajstić information content (AvgIpc) is 2.24. The van der Waals surface area contributed by atoms with Crippen LogP contribution in [0.1, 0.15) is 5.56 Å². The summed E-state index contributed by atoms with van der Waals surface area (Å²) in [5, 5.41) is 10.2. The third-order valence-electron chi connectivity index (χ3n) is 1.66. The minimum Gasteiger partial charge on any atom is -0.483 e. The van der Waals surface area contributed by atoms with Crippen molar-refractivity contribution in [1.29, 1.82) is 0 Å². The molecule has 0 bridgehead atoms. The molecule has 0 saturated heterocycles. The number of benzene rings is 1. The molecule has 0 radical (unpaired) electrons. The van der Waals surface area contributed by atoms with Crippen molar-refractivity contribution >= 4 is 16.8 Å². The lowest BCUT2D eigenvalue weighted by Gasteiger charge is -2.12. The van der Waals surface area contributed by atoms with Crippen LogP contribution in [0.25, 0.3) is 0 Å². The SMILES string of the molecule is ON=C(Cl)c1c(F)cccc1OCC(F)(F)F. The zero-order chi connectivity index (χ0) is 13.1. The Kier molecular flexibility index (Phi) is 4.17. The second-order valence-electron chi connectivity index (χ2n) is 2.91. The number of hydrogen-bond donors (Lipinski definition) is 1. The molecule has 0 atom stereocenters. The lowest BCUT2D eigenvalue weighted by Crippen LogP contribution is -2.20. The van der Waals surface area contributed by atoms with Gasteiger partial charge in [-0.05, 0) is 12.1 Å². The van der Waals surface area contributed by atoms with Gasteiger partial charge in [0.2, 0.25) is 0 Å². The molecule has 1 aromatic carbocycles. The molecule has 0 unspecified atom stereocenters. The van der Waals surface area contributed by atoms with Crippen molar-refractivity contribution in [1.82, 2.24) is 0 Å². The van der Waals surface area contributed by atoms with Gasteiger partial charge in [-0.1, -0.05) is 22.8 Å². The summed E-state index contributed by atoms with van der Waals surface area (Å²) in [7, 11) is 0. The monoisotopic (exact) mass is 271 g/mol. The highest BCUT2D eigenvalue weighted by Crippen LogP contribution is 2.26. The molecule has 17 heavy (non-hydrogen) atoms. The summed E-state index contributed by atoms with van der Waals surface area (Å²) >= 11 is 5.35. The summed E-state index contributed by atoms with van der Waals surface area (Å²) in [5.74, 6) is -1.41. The number of halogens is 5. The van der Waals surface area contributed by atoms with E-state index >= 15 is 0 Å². The molecule has 0 aliphatic carbocycles. The molecule has 0 aliphatic rings. The number of rotatable bonds is 3. The molecule has 0 amide bonds. The first-order valence-corrected chi connectivity index (χ1v) is 4.59. The summed E-state index contributed by atoms with van der Waals surface area (Å²) in [4.78, 5) is 0. The van der Waals surface area contributed by atoms with Crippen LogP contribution in [-0.2, 0) is 0 Å². The van der Waals surface area contributed by atoms with Gasteiger partial charge in [-0.2, -0.15) is 13.2 Å². The van der Waals surface area contributed by atoms with Gasteiger partial charge in [0, 0.05) is 0 Å². The van der Waals surface area contributed by atoms with E-state index in [9.17, 15) is 17.6 Å². The third-order valence-corrected chi connectivity index (χ3v) is 1.93. The average molecular weight is 272 g/mol. The molecule has 0 spiro atoms. The van der Waals surface area contributed by atoms with Gasteiger partial charge in [-0.15, -0.1) is 0 Å². The normalized spacial score (nSPS) is 12.6. The van der Waals surface area contributed by atoms with E-state index in [1.165, 1.54) is 0 Å². The van der Waals surface area contributed by atoms with E-state index in [1.807, 2.05) is 0 Å². The molecular weight excluding hydrogens is 266 g/mol. The Balaban J connectivity index is 3.03. The second kappa shape index (κ2) is 5.22. The Hall–Kier alpha value is -1.50. The molecule has 0 heterocycles. The number of nitrogens with zero attached hydrogens (tertiary/aromatic N) is 1. The van der Waals surface area contributed by atoms with Gasteiger partial charge >= 0.3 is 6.18 Å². The summed E-state index contributed by atoms with van der Waals surface area (Å²) in [6.45, 7) is -1.60. The maximum atomic E-state index is 13.3. The van der Waals surface area contributed by atoms with Gasteiger partial charge in [-0.3, -0.25) is 0 Å². The van der Waals surface area contributed by atoms with Gasteiger partial charge in [0.05, 0.1) is 5.56 Å². The zero-order valence-electron chi connectivity index (χ0n) is 8.13. The molecule has 8 heteroatoms. The first kappa shape index (κ1) is 13.6. The molecule has 0 aromatic heterocycles. The zero-order valence-corrected chi connectivity index (χ0v) is 8.89. The van der Waals surface area contributed by atoms with Gasteiger partial charge in [0.15, 0.2) is 11.8 Å². The van der Waals surface area contributed by atoms with Gasteiger partial charge in [0.25, 0.3) is 0 Å². The van der Waals surface area contributed by atoms with E-state index in [2.05, 4.69) is 9.89 Å². The van der Waals surface area contributed by atoms with Crippen LogP contribution in [0.15, 0.2) is 23.4 Å². The minimum absolute atomic E-state index is 0.454. The molecule has 94 valence electrons. The Bertz CT molecular complexity index is 433. The maximum Gasteiger partial charge on any atom is 0.422 e. The lowest BCUT2D eigenvalue weighted by molar-refractivity contribution is -0.153. The van der Waals surface area contributed by atoms with E-state index in [4.69, 9.17) is 16.8 Å². The van der Waals surface area contributed by atoms with Crippen LogP contribution in [0.2, 0.25) is 0 Å². The Morgan fingerprint density at radius 2 is 2.06 bits per heavy atom. The highest BCUT2D eigenvalue weighted by Gasteiger charge is 2.29. The van der Waals surface area contributed by atoms with E-state index in [-0.39, 0.29) is 0 Å². The fraction of sp³-hybridized carbons (Fsp3) is 0.222. The number of alkyl halides is 3. The van der Waals surface area contributed by atoms with Crippen molar-refractivity contribution in [2.75, 3.05) is 6.61 Å². The van der Waals surface area contributed by atoms with E-state index < -0.39 is 35.1 Å². The minimum atomic E-state index is -4.56. The highest BCUT2D eigenvalue weighted by atomic mass is 35.5. The summed E-state index contributed by atoms with van der Waals surface area (Å²) in [6.07, 6.45) is -4.56. The van der Waals surface area contributed by atoms with Crippen molar-refractivity contribution in [2.45, 2.75) is 6.18 Å². The van der Waals surface area contributed by atoms with Crippen molar-refractivity contribution in [3.8, 4) is 5.75 Å². The van der Waals surface area contributed by atoms with Gasteiger partial charge in [0.1, 0.15) is 11.6 Å². The quantitative estimate of drug-likeness (QED) is 0.397. The number of ether oxygens (including phenoxy) is 1. The summed E-state index contributed by atoms with van der Waals surface area (Å²) in [6, 6.07) is 3.17. The molecular formula is C9H6ClF4NO2. The predicted molar refractivity (Wildman–Crippen MR) is 52.1 cm³/mol. The van der Waals surface area contributed by atoms with Crippen molar-refractivity contribution < 1.29 is 27.5 Å². The molecule has 1 N–H and O–H groups in total. The molecule has 1 rings (SSSR count). The lowest BCUT2D eigenvalue weighted by atomic mass is 10.2. The van der Waals surface area contributed by atoms with Crippen LogP contribution in [0.5, 0.6) is 5.75 Å². The molecule has 0 saturated carbocycles. The van der Waals surface area contributed by atoms with Crippen LogP contribution >= 0.6 is 11.6 Å². The van der Waals surface area contributed by atoms with E-state index in [1.54, 1.807) is 0 Å².